The second-order valence-corrected chi connectivity index (χ2v) is 6.88. The van der Waals surface area contributed by atoms with Crippen molar-refractivity contribution < 1.29 is 17.9 Å². The highest BCUT2D eigenvalue weighted by Gasteiger charge is 2.37. The SMILES string of the molecule is CCCc1nc(N)c2cnc(NC3CCC(OC)CC3)nc2c1C(F)(F)F. The molecule has 0 atom stereocenters. The molecular weight excluding hydrogens is 359 g/mol. The second-order valence-electron chi connectivity index (χ2n) is 6.88. The van der Waals surface area contributed by atoms with E-state index in [1.165, 1.54) is 6.20 Å². The predicted molar refractivity (Wildman–Crippen MR) is 97.4 cm³/mol. The maximum atomic E-state index is 13.7. The van der Waals surface area contributed by atoms with Crippen molar-refractivity contribution in [2.24, 2.45) is 0 Å². The van der Waals surface area contributed by atoms with E-state index in [4.69, 9.17) is 10.5 Å². The van der Waals surface area contributed by atoms with E-state index in [1.807, 2.05) is 0 Å². The standard InChI is InChI=1S/C18H24F3N5O/c1-3-4-13-14(18(19,20)21)15-12(16(22)25-13)9-23-17(26-15)24-10-5-7-11(27-2)8-6-10/h9-11H,3-8H2,1-2H3,(H2,22,25)(H,23,24,26). The number of nitrogen functional groups attached to an aromatic ring is 1. The zero-order chi connectivity index (χ0) is 19.6. The Morgan fingerprint density at radius 2 is 1.93 bits per heavy atom. The lowest BCUT2D eigenvalue weighted by atomic mass is 9.93. The van der Waals surface area contributed by atoms with Crippen molar-refractivity contribution in [3.05, 3.63) is 17.5 Å². The normalized spacial score (nSPS) is 20.8. The fourth-order valence-electron chi connectivity index (χ4n) is 3.57. The van der Waals surface area contributed by atoms with Crippen molar-refractivity contribution in [3.63, 3.8) is 0 Å². The molecule has 3 rings (SSSR count). The van der Waals surface area contributed by atoms with Crippen molar-refractivity contribution in [2.45, 2.75) is 63.8 Å². The summed E-state index contributed by atoms with van der Waals surface area (Å²) >= 11 is 0. The number of hydrogen-bond donors (Lipinski definition) is 2. The lowest BCUT2D eigenvalue weighted by Crippen LogP contribution is -2.30. The molecule has 1 saturated carbocycles. The first-order valence-electron chi connectivity index (χ1n) is 9.15. The van der Waals surface area contributed by atoms with Gasteiger partial charge in [-0.25, -0.2) is 15.0 Å². The highest BCUT2D eigenvalue weighted by Crippen LogP contribution is 2.38. The average Bonchev–Trinajstić information content (AvgIpc) is 2.61. The van der Waals surface area contributed by atoms with E-state index in [1.54, 1.807) is 14.0 Å². The third-order valence-corrected chi connectivity index (χ3v) is 4.96. The number of nitrogens with two attached hydrogens (primary N) is 1. The van der Waals surface area contributed by atoms with Crippen LogP contribution in [0.3, 0.4) is 0 Å². The molecule has 0 aromatic carbocycles. The molecule has 2 heterocycles. The van der Waals surface area contributed by atoms with Gasteiger partial charge in [0.05, 0.1) is 22.7 Å². The smallest absolute Gasteiger partial charge is 0.383 e. The van der Waals surface area contributed by atoms with Crippen LogP contribution in [0.2, 0.25) is 0 Å². The van der Waals surface area contributed by atoms with Crippen molar-refractivity contribution in [1.82, 2.24) is 15.0 Å². The van der Waals surface area contributed by atoms with Crippen molar-refractivity contribution >= 4 is 22.7 Å². The Morgan fingerprint density at radius 1 is 1.22 bits per heavy atom. The molecule has 1 aliphatic rings. The lowest BCUT2D eigenvalue weighted by Gasteiger charge is -2.28. The maximum Gasteiger partial charge on any atom is 0.420 e. The first-order valence-corrected chi connectivity index (χ1v) is 9.15. The summed E-state index contributed by atoms with van der Waals surface area (Å²) in [7, 11) is 1.69. The fraction of sp³-hybridized carbons (Fsp3) is 0.611. The largest absolute Gasteiger partial charge is 0.420 e. The van der Waals surface area contributed by atoms with Crippen molar-refractivity contribution in [3.8, 4) is 0 Å². The number of aryl methyl sites for hydroxylation is 1. The lowest BCUT2D eigenvalue weighted by molar-refractivity contribution is -0.137. The molecule has 0 amide bonds. The molecule has 0 bridgehead atoms. The molecule has 2 aromatic heterocycles. The van der Waals surface area contributed by atoms with E-state index in [0.717, 1.165) is 25.7 Å². The summed E-state index contributed by atoms with van der Waals surface area (Å²) in [6.45, 7) is 1.80. The third kappa shape index (κ3) is 4.23. The number of hydrogen-bond acceptors (Lipinski definition) is 6. The van der Waals surface area contributed by atoms with Crippen LogP contribution < -0.4 is 11.1 Å². The molecule has 2 aromatic rings. The summed E-state index contributed by atoms with van der Waals surface area (Å²) in [6, 6.07) is 0.109. The Morgan fingerprint density at radius 3 is 2.52 bits per heavy atom. The number of aromatic nitrogens is 3. The van der Waals surface area contributed by atoms with Gasteiger partial charge in [-0.1, -0.05) is 13.3 Å². The second kappa shape index (κ2) is 7.84. The van der Waals surface area contributed by atoms with Crippen molar-refractivity contribution in [2.75, 3.05) is 18.2 Å². The van der Waals surface area contributed by atoms with E-state index >= 15 is 0 Å². The zero-order valence-electron chi connectivity index (χ0n) is 15.4. The summed E-state index contributed by atoms with van der Waals surface area (Å²) < 4.78 is 46.5. The van der Waals surface area contributed by atoms with Crippen LogP contribution in [0.1, 0.15) is 50.3 Å². The van der Waals surface area contributed by atoms with E-state index in [2.05, 4.69) is 20.3 Å². The minimum atomic E-state index is -4.56. The minimum Gasteiger partial charge on any atom is -0.383 e. The molecule has 1 aliphatic carbocycles. The average molecular weight is 383 g/mol. The van der Waals surface area contributed by atoms with Gasteiger partial charge in [-0.3, -0.25) is 0 Å². The van der Waals surface area contributed by atoms with Crippen LogP contribution in [-0.4, -0.2) is 34.2 Å². The summed E-state index contributed by atoms with van der Waals surface area (Å²) in [5, 5.41) is 3.28. The summed E-state index contributed by atoms with van der Waals surface area (Å²) in [5.41, 5.74) is 4.79. The molecule has 0 saturated heterocycles. The summed E-state index contributed by atoms with van der Waals surface area (Å²) in [5.74, 6) is 0.204. The number of nitrogens with zero attached hydrogens (tertiary/aromatic N) is 3. The zero-order valence-corrected chi connectivity index (χ0v) is 15.4. The predicted octanol–water partition coefficient (Wildman–Crippen LogP) is 3.95. The van der Waals surface area contributed by atoms with Crippen LogP contribution in [0.15, 0.2) is 6.20 Å². The number of pyridine rings is 1. The number of methoxy groups -OCH3 is 1. The van der Waals surface area contributed by atoms with E-state index < -0.39 is 11.7 Å². The first-order chi connectivity index (χ1) is 12.8. The monoisotopic (exact) mass is 383 g/mol. The van der Waals surface area contributed by atoms with Gasteiger partial charge in [-0.15, -0.1) is 0 Å². The van der Waals surface area contributed by atoms with Gasteiger partial charge >= 0.3 is 6.18 Å². The number of nitrogens with one attached hydrogen (secondary N) is 1. The Kier molecular flexibility index (Phi) is 5.69. The summed E-state index contributed by atoms with van der Waals surface area (Å²) in [4.78, 5) is 12.3. The van der Waals surface area contributed by atoms with Gasteiger partial charge in [-0.05, 0) is 32.1 Å². The molecular formula is C18H24F3N5O. The molecule has 0 aliphatic heterocycles. The van der Waals surface area contributed by atoms with Crippen LogP contribution in [-0.2, 0) is 17.3 Å². The molecule has 148 valence electrons. The van der Waals surface area contributed by atoms with Gasteiger partial charge in [-0.2, -0.15) is 13.2 Å². The van der Waals surface area contributed by atoms with Gasteiger partial charge in [0.25, 0.3) is 0 Å². The number of alkyl halides is 3. The fourth-order valence-corrected chi connectivity index (χ4v) is 3.57. The number of halogens is 3. The summed E-state index contributed by atoms with van der Waals surface area (Å²) in [6.07, 6.45) is 1.20. The van der Waals surface area contributed by atoms with Gasteiger partial charge < -0.3 is 15.8 Å². The Labute approximate surface area is 155 Å². The quantitative estimate of drug-likeness (QED) is 0.813. The van der Waals surface area contributed by atoms with Crippen LogP contribution in [0, 0.1) is 0 Å². The molecule has 0 radical (unpaired) electrons. The topological polar surface area (TPSA) is 86.0 Å². The molecule has 3 N–H and O–H groups in total. The molecule has 27 heavy (non-hydrogen) atoms. The molecule has 0 unspecified atom stereocenters. The first kappa shape index (κ1) is 19.6. The molecule has 9 heteroatoms. The van der Waals surface area contributed by atoms with Crippen molar-refractivity contribution in [1.29, 1.82) is 0 Å². The number of rotatable bonds is 5. The van der Waals surface area contributed by atoms with Gasteiger partial charge in [0.15, 0.2) is 0 Å². The van der Waals surface area contributed by atoms with Crippen LogP contribution >= 0.6 is 0 Å². The number of fused-ring (bicyclic) bond motifs is 1. The Bertz CT molecular complexity index is 804. The molecule has 6 nitrogen and oxygen atoms in total. The molecule has 0 spiro atoms. The third-order valence-electron chi connectivity index (χ3n) is 4.96. The minimum absolute atomic E-state index is 0.0219. The van der Waals surface area contributed by atoms with Gasteiger partial charge in [0.2, 0.25) is 5.95 Å². The number of ether oxygens (including phenoxy) is 1. The van der Waals surface area contributed by atoms with E-state index in [0.29, 0.717) is 6.42 Å². The van der Waals surface area contributed by atoms with E-state index in [9.17, 15) is 13.2 Å². The van der Waals surface area contributed by atoms with Crippen LogP contribution in [0.5, 0.6) is 0 Å². The Balaban J connectivity index is 1.97. The number of anilines is 2. The van der Waals surface area contributed by atoms with Crippen LogP contribution in [0.4, 0.5) is 24.9 Å². The maximum absolute atomic E-state index is 13.7. The van der Waals surface area contributed by atoms with Crippen LogP contribution in [0.25, 0.3) is 10.9 Å². The highest BCUT2D eigenvalue weighted by molar-refractivity contribution is 5.91. The van der Waals surface area contributed by atoms with Gasteiger partial charge in [0.1, 0.15) is 11.4 Å². The van der Waals surface area contributed by atoms with E-state index in [-0.39, 0.29) is 46.9 Å². The highest BCUT2D eigenvalue weighted by atomic mass is 19.4. The van der Waals surface area contributed by atoms with Gasteiger partial charge in [0, 0.05) is 19.3 Å². The molecule has 1 fully saturated rings. The Hall–Kier alpha value is -2.16.